The van der Waals surface area contributed by atoms with Gasteiger partial charge < -0.3 is 14.9 Å². The van der Waals surface area contributed by atoms with Gasteiger partial charge in [-0.2, -0.15) is 0 Å². The molecule has 2 atom stereocenters. The number of anilines is 1. The van der Waals surface area contributed by atoms with Gasteiger partial charge in [0.1, 0.15) is 12.1 Å². The van der Waals surface area contributed by atoms with Crippen molar-refractivity contribution >= 4 is 29.5 Å². The van der Waals surface area contributed by atoms with Crippen LogP contribution < -0.4 is 4.90 Å². The summed E-state index contributed by atoms with van der Waals surface area (Å²) in [5.74, 6) is -1.74. The summed E-state index contributed by atoms with van der Waals surface area (Å²) in [7, 11) is 0. The molecule has 8 heteroatoms. The highest BCUT2D eigenvalue weighted by Gasteiger charge is 2.48. The van der Waals surface area contributed by atoms with Gasteiger partial charge in [0.15, 0.2) is 0 Å². The molecular weight excluding hydrogens is 398 g/mol. The summed E-state index contributed by atoms with van der Waals surface area (Å²) >= 11 is 0. The average Bonchev–Trinajstić information content (AvgIpc) is 3.36. The van der Waals surface area contributed by atoms with Gasteiger partial charge in [-0.3, -0.25) is 9.59 Å². The number of carbonyl (C=O) groups is 4. The number of carbonyl (C=O) groups excluding carboxylic acids is 3. The Kier molecular flexibility index (Phi) is 4.50. The van der Waals surface area contributed by atoms with Crippen LogP contribution >= 0.6 is 0 Å². The molecule has 2 aromatic carbocycles. The molecule has 0 unspecified atom stereocenters. The number of hydrogen-bond donors (Lipinski definition) is 1. The van der Waals surface area contributed by atoms with E-state index < -0.39 is 30.0 Å². The summed E-state index contributed by atoms with van der Waals surface area (Å²) in [5, 5.41) is 9.37. The molecule has 0 spiro atoms. The normalized spacial score (nSPS) is 22.5. The second kappa shape index (κ2) is 7.23. The first-order chi connectivity index (χ1) is 15.0. The summed E-state index contributed by atoms with van der Waals surface area (Å²) in [5.41, 5.74) is 2.67. The zero-order valence-corrected chi connectivity index (χ0v) is 16.7. The summed E-state index contributed by atoms with van der Waals surface area (Å²) in [6.45, 7) is 0.740. The monoisotopic (exact) mass is 419 g/mol. The molecule has 5 rings (SSSR count). The molecule has 2 aromatic rings. The van der Waals surface area contributed by atoms with Crippen molar-refractivity contribution in [1.29, 1.82) is 0 Å². The second-order valence-electron chi connectivity index (χ2n) is 8.12. The Bertz CT molecular complexity index is 1070. The highest BCUT2D eigenvalue weighted by Crippen LogP contribution is 2.33. The highest BCUT2D eigenvalue weighted by atomic mass is 16.4. The number of carboxylic acids is 1. The molecule has 0 saturated carbocycles. The average molecular weight is 419 g/mol. The Labute approximate surface area is 178 Å². The Balaban J connectivity index is 1.43. The van der Waals surface area contributed by atoms with Crippen molar-refractivity contribution in [2.24, 2.45) is 0 Å². The summed E-state index contributed by atoms with van der Waals surface area (Å²) in [4.78, 5) is 54.7. The number of likely N-dealkylation sites (tertiary alicyclic amines) is 1. The fourth-order valence-electron chi connectivity index (χ4n) is 4.76. The Hall–Kier alpha value is -3.68. The summed E-state index contributed by atoms with van der Waals surface area (Å²) < 4.78 is 0. The first kappa shape index (κ1) is 19.3. The molecule has 158 valence electrons. The number of nitrogens with zero attached hydrogens (tertiary/aromatic N) is 3. The van der Waals surface area contributed by atoms with E-state index in [-0.39, 0.29) is 11.5 Å². The molecule has 0 aromatic heterocycles. The zero-order valence-electron chi connectivity index (χ0n) is 16.7. The molecule has 2 saturated heterocycles. The van der Waals surface area contributed by atoms with E-state index >= 15 is 0 Å². The fourth-order valence-corrected chi connectivity index (χ4v) is 4.76. The van der Waals surface area contributed by atoms with Crippen LogP contribution in [-0.4, -0.2) is 57.3 Å². The second-order valence-corrected chi connectivity index (χ2v) is 8.12. The van der Waals surface area contributed by atoms with Gasteiger partial charge in [-0.15, -0.1) is 0 Å². The van der Waals surface area contributed by atoms with Gasteiger partial charge in [0.05, 0.1) is 5.69 Å². The van der Waals surface area contributed by atoms with Crippen LogP contribution in [0.15, 0.2) is 48.5 Å². The smallest absolute Gasteiger partial charge is 0.332 e. The van der Waals surface area contributed by atoms with E-state index in [0.29, 0.717) is 38.0 Å². The van der Waals surface area contributed by atoms with E-state index in [9.17, 15) is 24.3 Å². The van der Waals surface area contributed by atoms with E-state index in [1.165, 1.54) is 11.0 Å². The Morgan fingerprint density at radius 1 is 1.00 bits per heavy atom. The van der Waals surface area contributed by atoms with Crippen LogP contribution in [0.25, 0.3) is 0 Å². The van der Waals surface area contributed by atoms with Crippen molar-refractivity contribution in [3.63, 3.8) is 0 Å². The number of hydrogen-bond acceptors (Lipinski definition) is 4. The molecule has 8 nitrogen and oxygen atoms in total. The molecule has 3 aliphatic rings. The third-order valence-electron chi connectivity index (χ3n) is 6.34. The van der Waals surface area contributed by atoms with Crippen molar-refractivity contribution in [2.45, 2.75) is 37.9 Å². The quantitative estimate of drug-likeness (QED) is 0.770. The van der Waals surface area contributed by atoms with Gasteiger partial charge in [0, 0.05) is 25.1 Å². The van der Waals surface area contributed by atoms with Gasteiger partial charge in [-0.1, -0.05) is 30.3 Å². The van der Waals surface area contributed by atoms with E-state index in [1.54, 1.807) is 23.1 Å². The van der Waals surface area contributed by atoms with Crippen molar-refractivity contribution in [1.82, 2.24) is 9.80 Å². The number of urea groups is 1. The fraction of sp³-hybridized carbons (Fsp3) is 0.304. The number of rotatable bonds is 3. The molecule has 3 heterocycles. The topological polar surface area (TPSA) is 98.2 Å². The van der Waals surface area contributed by atoms with Crippen LogP contribution in [0.5, 0.6) is 0 Å². The minimum Gasteiger partial charge on any atom is -0.480 e. The van der Waals surface area contributed by atoms with Crippen LogP contribution in [0.1, 0.15) is 34.3 Å². The molecule has 31 heavy (non-hydrogen) atoms. The molecule has 0 bridgehead atoms. The maximum Gasteiger partial charge on any atom is 0.332 e. The van der Waals surface area contributed by atoms with Crippen molar-refractivity contribution in [2.75, 3.05) is 11.4 Å². The molecule has 0 radical (unpaired) electrons. The van der Waals surface area contributed by atoms with Crippen molar-refractivity contribution in [3.05, 3.63) is 65.2 Å². The standard InChI is InChI=1S/C23H21N3O5/c27-20(24-10-4-9-18(24)22(29)30)15-7-3-8-17(11-15)26-21(28)19-12-14-5-1-2-6-16(14)13-25(19)23(26)31/h1-3,5-8,11,18-19H,4,9-10,12-13H2,(H,29,30)/t18-,19-/m1/s1. The lowest BCUT2D eigenvalue weighted by atomic mass is 9.95. The Morgan fingerprint density at radius 2 is 1.77 bits per heavy atom. The van der Waals surface area contributed by atoms with Crippen LogP contribution in [0.4, 0.5) is 10.5 Å². The molecule has 2 fully saturated rings. The van der Waals surface area contributed by atoms with Crippen molar-refractivity contribution in [3.8, 4) is 0 Å². The van der Waals surface area contributed by atoms with E-state index in [0.717, 1.165) is 16.0 Å². The number of carboxylic acid groups (broad SMARTS) is 1. The number of amides is 4. The van der Waals surface area contributed by atoms with Crippen LogP contribution in [0.3, 0.4) is 0 Å². The predicted molar refractivity (Wildman–Crippen MR) is 110 cm³/mol. The number of imide groups is 1. The Morgan fingerprint density at radius 3 is 2.55 bits per heavy atom. The zero-order chi connectivity index (χ0) is 21.7. The SMILES string of the molecule is O=C(O)[C@H]1CCCN1C(=O)c1cccc(N2C(=O)[C@H]3Cc4ccccc4CN3C2=O)c1. The number of fused-ring (bicyclic) bond motifs is 2. The summed E-state index contributed by atoms with van der Waals surface area (Å²) in [6, 6.07) is 12.3. The minimum absolute atomic E-state index is 0.263. The largest absolute Gasteiger partial charge is 0.480 e. The molecule has 3 aliphatic heterocycles. The van der Waals surface area contributed by atoms with Gasteiger partial charge in [-0.05, 0) is 42.2 Å². The van der Waals surface area contributed by atoms with E-state index in [1.807, 2.05) is 24.3 Å². The van der Waals surface area contributed by atoms with E-state index in [2.05, 4.69) is 0 Å². The van der Waals surface area contributed by atoms with E-state index in [4.69, 9.17) is 0 Å². The predicted octanol–water partition coefficient (Wildman–Crippen LogP) is 2.27. The van der Waals surface area contributed by atoms with Gasteiger partial charge in [0.25, 0.3) is 11.8 Å². The molecule has 4 amide bonds. The number of aliphatic carboxylic acids is 1. The van der Waals surface area contributed by atoms with Gasteiger partial charge in [0.2, 0.25) is 0 Å². The highest BCUT2D eigenvalue weighted by molar-refractivity contribution is 6.21. The molecule has 1 N–H and O–H groups in total. The van der Waals surface area contributed by atoms with Crippen LogP contribution in [0, 0.1) is 0 Å². The maximum atomic E-state index is 13.1. The van der Waals surface area contributed by atoms with Gasteiger partial charge in [-0.25, -0.2) is 14.5 Å². The number of benzene rings is 2. The molecule has 0 aliphatic carbocycles. The minimum atomic E-state index is -1.02. The lowest BCUT2D eigenvalue weighted by molar-refractivity contribution is -0.141. The lowest BCUT2D eigenvalue weighted by Gasteiger charge is -2.28. The third-order valence-corrected chi connectivity index (χ3v) is 6.34. The first-order valence-corrected chi connectivity index (χ1v) is 10.3. The van der Waals surface area contributed by atoms with Crippen molar-refractivity contribution < 1.29 is 24.3 Å². The van der Waals surface area contributed by atoms with Crippen LogP contribution in [0.2, 0.25) is 0 Å². The lowest BCUT2D eigenvalue weighted by Crippen LogP contribution is -2.40. The molecular formula is C23H21N3O5. The first-order valence-electron chi connectivity index (χ1n) is 10.3. The maximum absolute atomic E-state index is 13.1. The van der Waals surface area contributed by atoms with Gasteiger partial charge >= 0.3 is 12.0 Å². The van der Waals surface area contributed by atoms with Crippen LogP contribution in [-0.2, 0) is 22.6 Å². The summed E-state index contributed by atoms with van der Waals surface area (Å²) in [6.07, 6.45) is 1.51. The third kappa shape index (κ3) is 3.06.